The van der Waals surface area contributed by atoms with Gasteiger partial charge in [-0.3, -0.25) is 4.79 Å². The first-order valence-corrected chi connectivity index (χ1v) is 4.26. The van der Waals surface area contributed by atoms with Gasteiger partial charge in [-0.25, -0.2) is 0 Å². The van der Waals surface area contributed by atoms with Crippen molar-refractivity contribution in [3.8, 4) is 0 Å². The minimum atomic E-state index is 0.151. The average Bonchev–Trinajstić information content (AvgIpc) is 1.87. The molecule has 0 N–H and O–H groups in total. The molecule has 3 heteroatoms. The average molecular weight is 161 g/mol. The zero-order chi connectivity index (χ0) is 7.82. The fourth-order valence-electron chi connectivity index (χ4n) is 0.448. The van der Waals surface area contributed by atoms with Crippen molar-refractivity contribution < 1.29 is 9.53 Å². The van der Waals surface area contributed by atoms with Crippen molar-refractivity contribution in [3.63, 3.8) is 0 Å². The van der Waals surface area contributed by atoms with Gasteiger partial charge in [0.05, 0.1) is 6.61 Å². The second kappa shape index (κ2) is 7.09. The van der Waals surface area contributed by atoms with Gasteiger partial charge in [-0.2, -0.15) is 0 Å². The van der Waals surface area contributed by atoms with Gasteiger partial charge in [0.15, 0.2) is 5.12 Å². The molecule has 0 aliphatic rings. The smallest absolute Gasteiger partial charge is 0.185 e. The van der Waals surface area contributed by atoms with Gasteiger partial charge < -0.3 is 4.74 Å². The van der Waals surface area contributed by atoms with Crippen LogP contribution in [0, 0.1) is 6.92 Å². The lowest BCUT2D eigenvalue weighted by Crippen LogP contribution is -1.99. The molecule has 0 atom stereocenters. The summed E-state index contributed by atoms with van der Waals surface area (Å²) in [5, 5.41) is 0.151. The Bertz CT molecular complexity index is 93.6. The van der Waals surface area contributed by atoms with Crippen molar-refractivity contribution in [3.05, 3.63) is 6.92 Å². The lowest BCUT2D eigenvalue weighted by molar-refractivity contribution is -0.109. The Morgan fingerprint density at radius 2 is 2.30 bits per heavy atom. The number of hydrogen-bond acceptors (Lipinski definition) is 3. The summed E-state index contributed by atoms with van der Waals surface area (Å²) in [6, 6.07) is 0. The number of carbonyl (C=O) groups excluding carboxylic acids is 1. The molecule has 0 bridgehead atoms. The molecule has 0 aromatic heterocycles. The molecule has 0 unspecified atom stereocenters. The van der Waals surface area contributed by atoms with Crippen LogP contribution in [0.5, 0.6) is 0 Å². The topological polar surface area (TPSA) is 26.3 Å². The van der Waals surface area contributed by atoms with Gasteiger partial charge in [-0.1, -0.05) is 18.7 Å². The maximum atomic E-state index is 10.4. The molecule has 10 heavy (non-hydrogen) atoms. The van der Waals surface area contributed by atoms with Crippen molar-refractivity contribution >= 4 is 16.9 Å². The summed E-state index contributed by atoms with van der Waals surface area (Å²) in [5.41, 5.74) is 0. The molecule has 59 valence electrons. The van der Waals surface area contributed by atoms with E-state index >= 15 is 0 Å². The molecule has 0 aromatic rings. The van der Waals surface area contributed by atoms with Gasteiger partial charge in [-0.15, -0.1) is 0 Å². The molecule has 0 heterocycles. The lowest BCUT2D eigenvalue weighted by atomic mass is 10.5. The monoisotopic (exact) mass is 161 g/mol. The van der Waals surface area contributed by atoms with E-state index in [1.807, 2.05) is 0 Å². The van der Waals surface area contributed by atoms with Crippen LogP contribution in [0.4, 0.5) is 0 Å². The lowest BCUT2D eigenvalue weighted by Gasteiger charge is -1.98. The van der Waals surface area contributed by atoms with E-state index in [4.69, 9.17) is 4.74 Å². The van der Waals surface area contributed by atoms with Crippen LogP contribution in [-0.4, -0.2) is 24.1 Å². The van der Waals surface area contributed by atoms with Crippen LogP contribution in [0.2, 0.25) is 0 Å². The Morgan fingerprint density at radius 1 is 1.60 bits per heavy atom. The quantitative estimate of drug-likeness (QED) is 0.572. The van der Waals surface area contributed by atoms with Crippen molar-refractivity contribution in [2.24, 2.45) is 0 Å². The van der Waals surface area contributed by atoms with E-state index < -0.39 is 0 Å². The third-order valence-corrected chi connectivity index (χ3v) is 1.60. The molecule has 1 radical (unpaired) electrons. The number of ether oxygens (including phenoxy) is 1. The molecule has 2 nitrogen and oxygen atoms in total. The molecule has 0 saturated carbocycles. The molecule has 0 saturated heterocycles. The predicted molar refractivity (Wildman–Crippen MR) is 43.9 cm³/mol. The summed E-state index contributed by atoms with van der Waals surface area (Å²) >= 11 is 1.30. The maximum absolute atomic E-state index is 10.4. The highest BCUT2D eigenvalue weighted by molar-refractivity contribution is 8.13. The van der Waals surface area contributed by atoms with Crippen LogP contribution >= 0.6 is 11.8 Å². The zero-order valence-electron chi connectivity index (χ0n) is 6.26. The van der Waals surface area contributed by atoms with E-state index in [-0.39, 0.29) is 5.12 Å². The largest absolute Gasteiger partial charge is 0.381 e. The van der Waals surface area contributed by atoms with Crippen LogP contribution in [0.3, 0.4) is 0 Å². The Labute approximate surface area is 66.3 Å². The highest BCUT2D eigenvalue weighted by atomic mass is 32.2. The van der Waals surface area contributed by atoms with Crippen LogP contribution < -0.4 is 0 Å². The predicted octanol–water partition coefficient (Wildman–Crippen LogP) is 1.51. The van der Waals surface area contributed by atoms with Crippen LogP contribution in [0.15, 0.2) is 0 Å². The van der Waals surface area contributed by atoms with Crippen molar-refractivity contribution in [1.82, 2.24) is 0 Å². The first-order chi connectivity index (χ1) is 4.77. The van der Waals surface area contributed by atoms with E-state index in [1.54, 1.807) is 6.92 Å². The second-order valence-corrected chi connectivity index (χ2v) is 3.08. The van der Waals surface area contributed by atoms with E-state index in [2.05, 4.69) is 6.92 Å². The molecule has 0 aliphatic carbocycles. The summed E-state index contributed by atoms with van der Waals surface area (Å²) in [5.74, 6) is 0.759. The first kappa shape index (κ1) is 9.98. The number of rotatable bonds is 5. The molecular weight excluding hydrogens is 148 g/mol. The second-order valence-electron chi connectivity index (χ2n) is 1.81. The summed E-state index contributed by atoms with van der Waals surface area (Å²) in [4.78, 5) is 10.4. The normalized spacial score (nSPS) is 9.80. The zero-order valence-corrected chi connectivity index (χ0v) is 7.08. The SMILES string of the molecule is [CH2]CCOCCSC(C)=O. The van der Waals surface area contributed by atoms with Gasteiger partial charge in [0.1, 0.15) is 0 Å². The molecule has 0 amide bonds. The van der Waals surface area contributed by atoms with Crippen LogP contribution in [-0.2, 0) is 9.53 Å². The molecular formula is C7H13O2S. The number of carbonyl (C=O) groups is 1. The van der Waals surface area contributed by atoms with E-state index in [9.17, 15) is 4.79 Å². The Balaban J connectivity index is 2.84. The van der Waals surface area contributed by atoms with Gasteiger partial charge in [0.25, 0.3) is 0 Å². The summed E-state index contributed by atoms with van der Waals surface area (Å²) in [6.07, 6.45) is 0.796. The Hall–Kier alpha value is -0.0200. The molecule has 0 aromatic carbocycles. The van der Waals surface area contributed by atoms with E-state index in [0.29, 0.717) is 13.2 Å². The van der Waals surface area contributed by atoms with Crippen molar-refractivity contribution in [2.75, 3.05) is 19.0 Å². The highest BCUT2D eigenvalue weighted by Gasteiger charge is 1.92. The van der Waals surface area contributed by atoms with Gasteiger partial charge in [0.2, 0.25) is 0 Å². The van der Waals surface area contributed by atoms with Crippen LogP contribution in [0.25, 0.3) is 0 Å². The van der Waals surface area contributed by atoms with E-state index in [0.717, 1.165) is 12.2 Å². The fraction of sp³-hybridized carbons (Fsp3) is 0.714. The molecule has 0 aliphatic heterocycles. The van der Waals surface area contributed by atoms with Crippen LogP contribution in [0.1, 0.15) is 13.3 Å². The van der Waals surface area contributed by atoms with Crippen molar-refractivity contribution in [2.45, 2.75) is 13.3 Å². The Morgan fingerprint density at radius 3 is 2.80 bits per heavy atom. The minimum absolute atomic E-state index is 0.151. The number of thioether (sulfide) groups is 1. The molecule has 0 fully saturated rings. The summed E-state index contributed by atoms with van der Waals surface area (Å²) in [6.45, 7) is 6.53. The van der Waals surface area contributed by atoms with Gasteiger partial charge >= 0.3 is 0 Å². The molecule has 0 rings (SSSR count). The van der Waals surface area contributed by atoms with Gasteiger partial charge in [-0.05, 0) is 6.42 Å². The van der Waals surface area contributed by atoms with E-state index in [1.165, 1.54) is 11.8 Å². The summed E-state index contributed by atoms with van der Waals surface area (Å²) < 4.78 is 5.10. The highest BCUT2D eigenvalue weighted by Crippen LogP contribution is 1.99. The summed E-state index contributed by atoms with van der Waals surface area (Å²) in [7, 11) is 0. The Kier molecular flexibility index (Phi) is 7.08. The van der Waals surface area contributed by atoms with Crippen molar-refractivity contribution in [1.29, 1.82) is 0 Å². The van der Waals surface area contributed by atoms with Gasteiger partial charge in [0, 0.05) is 19.3 Å². The third kappa shape index (κ3) is 7.98. The fourth-order valence-corrected chi connectivity index (χ4v) is 0.937. The minimum Gasteiger partial charge on any atom is -0.381 e. The third-order valence-electron chi connectivity index (χ3n) is 0.822. The molecule has 0 spiro atoms. The maximum Gasteiger partial charge on any atom is 0.185 e. The number of hydrogen-bond donors (Lipinski definition) is 0. The first-order valence-electron chi connectivity index (χ1n) is 3.27. The standard InChI is InChI=1S/C7H13O2S/c1-3-4-9-5-6-10-7(2)8/h1,3-6H2,2H3.